The zero-order chi connectivity index (χ0) is 32.0. The summed E-state index contributed by atoms with van der Waals surface area (Å²) in [5.74, 6) is 0.353. The van der Waals surface area contributed by atoms with Gasteiger partial charge in [-0.1, -0.05) is 64.5 Å². The van der Waals surface area contributed by atoms with Gasteiger partial charge in [0.05, 0.1) is 0 Å². The van der Waals surface area contributed by atoms with Crippen molar-refractivity contribution in [3.63, 3.8) is 0 Å². The summed E-state index contributed by atoms with van der Waals surface area (Å²) >= 11 is 3.43. The van der Waals surface area contributed by atoms with Crippen LogP contribution in [-0.2, 0) is 22.4 Å². The first-order valence-electron chi connectivity index (χ1n) is 16.1. The Kier molecular flexibility index (Phi) is 7.33. The van der Waals surface area contributed by atoms with Crippen LogP contribution in [0.1, 0.15) is 24.0 Å². The maximum Gasteiger partial charge on any atom is 0.253 e. The van der Waals surface area contributed by atoms with Gasteiger partial charge in [0, 0.05) is 65.5 Å². The van der Waals surface area contributed by atoms with Crippen molar-refractivity contribution in [1.82, 2.24) is 4.98 Å². The lowest BCUT2D eigenvalue weighted by molar-refractivity contribution is -0.121. The normalized spacial score (nSPS) is 22.1. The number of para-hydroxylation sites is 2. The van der Waals surface area contributed by atoms with Crippen LogP contribution in [0, 0.1) is 0 Å². The lowest BCUT2D eigenvalue weighted by Crippen LogP contribution is -2.45. The number of benzene rings is 4. The molecule has 0 saturated carbocycles. The highest BCUT2D eigenvalue weighted by atomic mass is 79.9. The monoisotopic (exact) mass is 683 g/mol. The third kappa shape index (κ3) is 5.26. The van der Waals surface area contributed by atoms with Gasteiger partial charge in [0.2, 0.25) is 0 Å². The van der Waals surface area contributed by atoms with Crippen molar-refractivity contribution in [2.45, 2.75) is 36.8 Å². The molecule has 0 aliphatic carbocycles. The van der Waals surface area contributed by atoms with Crippen molar-refractivity contribution in [1.29, 1.82) is 0 Å². The van der Waals surface area contributed by atoms with Crippen LogP contribution in [0.25, 0.3) is 11.1 Å². The zero-order valence-corrected chi connectivity index (χ0v) is 27.4. The number of carbonyl (C=O) groups excluding carboxylic acids is 2. The van der Waals surface area contributed by atoms with Gasteiger partial charge in [0.15, 0.2) is 0 Å². The minimum absolute atomic E-state index is 0.172. The third-order valence-electron chi connectivity index (χ3n) is 9.93. The molecule has 5 heterocycles. The maximum absolute atomic E-state index is 13.2. The molecule has 2 unspecified atom stereocenters. The molecule has 2 saturated heterocycles. The predicted octanol–water partition coefficient (Wildman–Crippen LogP) is 7.49. The van der Waals surface area contributed by atoms with Crippen LogP contribution < -0.4 is 20.4 Å². The largest absolute Gasteiger partial charge is 0.371 e. The van der Waals surface area contributed by atoms with Gasteiger partial charge in [-0.3, -0.25) is 14.6 Å². The first-order valence-corrected chi connectivity index (χ1v) is 16.8. The number of halogens is 1. The van der Waals surface area contributed by atoms with Gasteiger partial charge < -0.3 is 20.4 Å². The minimum Gasteiger partial charge on any atom is -0.371 e. The van der Waals surface area contributed by atoms with E-state index in [1.54, 1.807) is 12.4 Å². The molecule has 2 spiro atoms. The fourth-order valence-corrected chi connectivity index (χ4v) is 7.70. The van der Waals surface area contributed by atoms with E-state index >= 15 is 0 Å². The van der Waals surface area contributed by atoms with Gasteiger partial charge in [-0.2, -0.15) is 0 Å². The molecule has 1 aromatic heterocycles. The molecule has 4 aromatic carbocycles. The molecule has 2 atom stereocenters. The minimum atomic E-state index is -0.479. The molecule has 7 nitrogen and oxygen atoms in total. The highest BCUT2D eigenvalue weighted by molar-refractivity contribution is 9.10. The number of nitrogens with one attached hydrogen (secondary N) is 2. The van der Waals surface area contributed by atoms with Crippen LogP contribution in [0.5, 0.6) is 0 Å². The molecule has 2 N–H and O–H groups in total. The van der Waals surface area contributed by atoms with E-state index in [9.17, 15) is 9.59 Å². The van der Waals surface area contributed by atoms with Gasteiger partial charge in [0.1, 0.15) is 11.1 Å². The Hall–Kier alpha value is -4.95. The lowest BCUT2D eigenvalue weighted by Gasteiger charge is -2.24. The first-order chi connectivity index (χ1) is 22.9. The predicted molar refractivity (Wildman–Crippen MR) is 191 cm³/mol. The molecule has 2 amide bonds. The summed E-state index contributed by atoms with van der Waals surface area (Å²) in [6, 6.07) is 36.5. The lowest BCUT2D eigenvalue weighted by atomic mass is 9.93. The van der Waals surface area contributed by atoms with Gasteiger partial charge in [-0.05, 0) is 95.8 Å². The topological polar surface area (TPSA) is 77.6 Å². The fourth-order valence-electron chi connectivity index (χ4n) is 7.44. The van der Waals surface area contributed by atoms with E-state index in [-0.39, 0.29) is 11.8 Å². The van der Waals surface area contributed by atoms with Crippen molar-refractivity contribution in [2.75, 3.05) is 33.5 Å². The summed E-state index contributed by atoms with van der Waals surface area (Å²) in [7, 11) is 0. The number of rotatable bonds is 3. The summed E-state index contributed by atoms with van der Waals surface area (Å²) in [6.07, 6.45) is 6.81. The molecule has 0 radical (unpaired) electrons. The zero-order valence-electron chi connectivity index (χ0n) is 25.8. The summed E-state index contributed by atoms with van der Waals surface area (Å²) in [6.45, 7) is 1.51. The van der Waals surface area contributed by atoms with Crippen LogP contribution in [-0.4, -0.2) is 41.0 Å². The number of hydrogen-bond donors (Lipinski definition) is 2. The average molecular weight is 685 g/mol. The van der Waals surface area contributed by atoms with Crippen LogP contribution in [0.2, 0.25) is 0 Å². The Morgan fingerprint density at radius 1 is 0.574 bits per heavy atom. The summed E-state index contributed by atoms with van der Waals surface area (Å²) in [4.78, 5) is 34.0. The summed E-state index contributed by atoms with van der Waals surface area (Å²) in [5.41, 5.74) is 7.93. The highest BCUT2D eigenvalue weighted by Gasteiger charge is 2.51. The smallest absolute Gasteiger partial charge is 0.253 e. The quantitative estimate of drug-likeness (QED) is 0.206. The Morgan fingerprint density at radius 2 is 1.02 bits per heavy atom. The van der Waals surface area contributed by atoms with Crippen molar-refractivity contribution in [3.8, 4) is 11.1 Å². The number of aromatic nitrogens is 1. The highest BCUT2D eigenvalue weighted by Crippen LogP contribution is 2.42. The number of amides is 2. The van der Waals surface area contributed by atoms with E-state index in [0.29, 0.717) is 0 Å². The van der Waals surface area contributed by atoms with E-state index < -0.39 is 11.1 Å². The van der Waals surface area contributed by atoms with Crippen LogP contribution in [0.3, 0.4) is 0 Å². The summed E-state index contributed by atoms with van der Waals surface area (Å²) in [5, 5.41) is 6.97. The van der Waals surface area contributed by atoms with Crippen LogP contribution >= 0.6 is 15.9 Å². The van der Waals surface area contributed by atoms with Crippen molar-refractivity contribution in [2.24, 2.45) is 0 Å². The average Bonchev–Trinajstić information content (AvgIpc) is 3.86. The molecule has 4 aliphatic rings. The molecule has 9 rings (SSSR count). The van der Waals surface area contributed by atoms with E-state index in [2.05, 4.69) is 67.9 Å². The number of pyridine rings is 1. The van der Waals surface area contributed by atoms with Crippen LogP contribution in [0.15, 0.2) is 126 Å². The van der Waals surface area contributed by atoms with Gasteiger partial charge in [-0.25, -0.2) is 0 Å². The molecule has 8 heteroatoms. The van der Waals surface area contributed by atoms with Gasteiger partial charge in [-0.15, -0.1) is 0 Å². The molecule has 5 aromatic rings. The molecule has 2 fully saturated rings. The van der Waals surface area contributed by atoms with Crippen molar-refractivity contribution < 1.29 is 9.59 Å². The second kappa shape index (κ2) is 11.7. The Morgan fingerprint density at radius 3 is 1.51 bits per heavy atom. The van der Waals surface area contributed by atoms with Crippen molar-refractivity contribution in [3.05, 3.63) is 137 Å². The number of carbonyl (C=O) groups is 2. The Labute approximate surface area is 282 Å². The molecule has 234 valence electrons. The molecule has 47 heavy (non-hydrogen) atoms. The summed E-state index contributed by atoms with van der Waals surface area (Å²) < 4.78 is 1.03. The Bertz CT molecular complexity index is 1910. The van der Waals surface area contributed by atoms with Gasteiger partial charge in [0.25, 0.3) is 11.8 Å². The van der Waals surface area contributed by atoms with E-state index in [1.165, 1.54) is 11.1 Å². The first kappa shape index (κ1) is 29.5. The molecular weight excluding hydrogens is 650 g/mol. The SMILES string of the molecule is O=C1N(c2ccc(-c3ccncc3)cc2)CCC12Cc1ccccc1N2.O=C1N(c2ccc(Br)cc2)CCC12Cc1ccccc1N2. The van der Waals surface area contributed by atoms with E-state index in [0.717, 1.165) is 77.1 Å². The second-order valence-corrected chi connectivity index (χ2v) is 13.7. The van der Waals surface area contributed by atoms with Crippen LogP contribution in [0.4, 0.5) is 22.7 Å². The van der Waals surface area contributed by atoms with E-state index in [1.807, 2.05) is 82.6 Å². The van der Waals surface area contributed by atoms with E-state index in [4.69, 9.17) is 0 Å². The number of anilines is 4. The second-order valence-electron chi connectivity index (χ2n) is 12.8. The number of nitrogens with zero attached hydrogens (tertiary/aromatic N) is 3. The third-order valence-corrected chi connectivity index (χ3v) is 10.5. The van der Waals surface area contributed by atoms with Gasteiger partial charge >= 0.3 is 0 Å². The molecule has 0 bridgehead atoms. The number of fused-ring (bicyclic) bond motifs is 2. The standard InChI is InChI=1S/C22H19N3O.C17H15BrN2O/c26-21-22(15-18-3-1-2-4-20(18)24-22)11-14-25(21)19-7-5-16(6-8-19)17-9-12-23-13-10-17;18-13-5-7-14(8-6-13)20-10-9-17(16(20)21)11-12-3-1-2-4-15(12)19-17/h1-10,12-13,24H,11,14-15H2;1-8,19H,9-11H2. The maximum atomic E-state index is 13.2. The molecule has 4 aliphatic heterocycles. The number of hydrogen-bond acceptors (Lipinski definition) is 5. The molecular formula is C39H34BrN5O2. The fraction of sp³-hybridized carbons (Fsp3) is 0.205. The Balaban J connectivity index is 0.000000141. The van der Waals surface area contributed by atoms with Crippen molar-refractivity contribution >= 4 is 50.5 Å².